The lowest BCUT2D eigenvalue weighted by Gasteiger charge is -2.21. The Morgan fingerprint density at radius 2 is 1.89 bits per heavy atom. The van der Waals surface area contributed by atoms with Crippen LogP contribution in [0.2, 0.25) is 0 Å². The first-order chi connectivity index (χ1) is 17.4. The number of nitrogens with zero attached hydrogens (tertiary/aromatic N) is 2. The molecule has 0 saturated heterocycles. The predicted molar refractivity (Wildman–Crippen MR) is 133 cm³/mol. The Labute approximate surface area is 210 Å². The summed E-state index contributed by atoms with van der Waals surface area (Å²) in [4.78, 5) is 17.1. The molecule has 2 aliphatic carbocycles. The maximum atomic E-state index is 13.2. The van der Waals surface area contributed by atoms with Crippen LogP contribution in [-0.4, -0.2) is 18.5 Å². The summed E-state index contributed by atoms with van der Waals surface area (Å²) in [6.07, 6.45) is 8.50. The van der Waals surface area contributed by atoms with Crippen LogP contribution in [0.15, 0.2) is 56.8 Å². The van der Waals surface area contributed by atoms with Gasteiger partial charge in [-0.3, -0.25) is 0 Å². The van der Waals surface area contributed by atoms with Crippen molar-refractivity contribution >= 4 is 9.84 Å². The average Bonchev–Trinajstić information content (AvgIpc) is 3.68. The molecule has 1 atom stereocenters. The van der Waals surface area contributed by atoms with Gasteiger partial charge in [0.2, 0.25) is 0 Å². The van der Waals surface area contributed by atoms with Crippen LogP contribution in [0.5, 0.6) is 5.75 Å². The van der Waals surface area contributed by atoms with Crippen molar-refractivity contribution in [3.63, 3.8) is 0 Å². The molecule has 36 heavy (non-hydrogen) atoms. The summed E-state index contributed by atoms with van der Waals surface area (Å²) < 4.78 is 31.7. The van der Waals surface area contributed by atoms with Crippen molar-refractivity contribution in [1.82, 2.24) is 4.98 Å². The molecule has 186 valence electrons. The first-order valence-electron chi connectivity index (χ1n) is 12.4. The second-order valence-electron chi connectivity index (χ2n) is 9.78. The fraction of sp³-hybridized carbons (Fsp3) is 0.393. The lowest BCUT2D eigenvalue weighted by atomic mass is 9.85. The molecule has 0 aliphatic heterocycles. The van der Waals surface area contributed by atoms with Crippen LogP contribution < -0.4 is 5.63 Å². The number of aryl methyl sites for hydroxylation is 1. The zero-order valence-corrected chi connectivity index (χ0v) is 20.8. The Morgan fingerprint density at radius 3 is 2.58 bits per heavy atom. The fourth-order valence-corrected chi connectivity index (χ4v) is 6.45. The van der Waals surface area contributed by atoms with Crippen molar-refractivity contribution in [2.75, 3.05) is 0 Å². The van der Waals surface area contributed by atoms with E-state index in [-0.39, 0.29) is 28.4 Å². The number of aromatic hydroxyl groups is 1. The molecule has 0 spiro atoms. The quantitative estimate of drug-likeness (QED) is 0.512. The second-order valence-corrected chi connectivity index (χ2v) is 11.7. The minimum Gasteiger partial charge on any atom is -0.507 e. The van der Waals surface area contributed by atoms with Crippen LogP contribution in [-0.2, 0) is 28.4 Å². The highest BCUT2D eigenvalue weighted by molar-refractivity contribution is 7.90. The van der Waals surface area contributed by atoms with E-state index in [1.807, 2.05) is 12.1 Å². The molecule has 1 fully saturated rings. The van der Waals surface area contributed by atoms with Gasteiger partial charge in [0.05, 0.1) is 16.9 Å². The maximum absolute atomic E-state index is 13.2. The van der Waals surface area contributed by atoms with Gasteiger partial charge in [-0.25, -0.2) is 18.2 Å². The molecular weight excluding hydrogens is 476 g/mol. The summed E-state index contributed by atoms with van der Waals surface area (Å²) in [5.74, 6) is 0.234. The first-order valence-corrected chi connectivity index (χ1v) is 14.1. The smallest absolute Gasteiger partial charge is 0.343 e. The molecule has 1 unspecified atom stereocenters. The van der Waals surface area contributed by atoms with Crippen molar-refractivity contribution in [3.8, 4) is 11.8 Å². The molecule has 1 N–H and O–H groups in total. The van der Waals surface area contributed by atoms with E-state index in [1.165, 1.54) is 18.3 Å². The number of rotatable bonds is 6. The fourth-order valence-electron chi connectivity index (χ4n) is 5.20. The zero-order chi connectivity index (χ0) is 25.3. The largest absolute Gasteiger partial charge is 0.507 e. The van der Waals surface area contributed by atoms with Crippen LogP contribution in [0.1, 0.15) is 78.0 Å². The van der Waals surface area contributed by atoms with Gasteiger partial charge in [0.15, 0.2) is 14.9 Å². The highest BCUT2D eigenvalue weighted by Gasteiger charge is 2.38. The Kier molecular flexibility index (Phi) is 6.67. The monoisotopic (exact) mass is 504 g/mol. The van der Waals surface area contributed by atoms with Crippen molar-refractivity contribution < 1.29 is 17.9 Å². The van der Waals surface area contributed by atoms with Crippen LogP contribution in [0, 0.1) is 17.2 Å². The minimum absolute atomic E-state index is 0.0554. The van der Waals surface area contributed by atoms with Gasteiger partial charge in [0.1, 0.15) is 17.6 Å². The third-order valence-corrected chi connectivity index (χ3v) is 8.74. The van der Waals surface area contributed by atoms with Gasteiger partial charge in [0, 0.05) is 24.1 Å². The lowest BCUT2D eigenvalue weighted by Crippen LogP contribution is -2.19. The van der Waals surface area contributed by atoms with Gasteiger partial charge in [-0.1, -0.05) is 37.1 Å². The van der Waals surface area contributed by atoms with Crippen LogP contribution in [0.25, 0.3) is 0 Å². The lowest BCUT2D eigenvalue weighted by molar-refractivity contribution is 0.382. The van der Waals surface area contributed by atoms with E-state index >= 15 is 0 Å². The van der Waals surface area contributed by atoms with Gasteiger partial charge in [-0.05, 0) is 61.3 Å². The highest BCUT2D eigenvalue weighted by atomic mass is 32.2. The van der Waals surface area contributed by atoms with Crippen molar-refractivity contribution in [2.45, 2.75) is 68.1 Å². The average molecular weight is 505 g/mol. The number of aromatic nitrogens is 1. The van der Waals surface area contributed by atoms with Crippen molar-refractivity contribution in [1.29, 1.82) is 5.26 Å². The van der Waals surface area contributed by atoms with Gasteiger partial charge in [0.25, 0.3) is 0 Å². The summed E-state index contributed by atoms with van der Waals surface area (Å²) >= 11 is 0. The van der Waals surface area contributed by atoms with Gasteiger partial charge < -0.3 is 9.52 Å². The number of fused-ring (bicyclic) bond motifs is 1. The Hall–Kier alpha value is -3.44. The molecule has 2 heterocycles. The first kappa shape index (κ1) is 24.3. The van der Waals surface area contributed by atoms with Gasteiger partial charge in [-0.2, -0.15) is 5.26 Å². The minimum atomic E-state index is -3.74. The summed E-state index contributed by atoms with van der Waals surface area (Å²) in [7, 11) is -3.74. The number of sulfone groups is 1. The molecule has 0 radical (unpaired) electrons. The van der Waals surface area contributed by atoms with Crippen LogP contribution in [0.3, 0.4) is 0 Å². The van der Waals surface area contributed by atoms with E-state index in [4.69, 9.17) is 9.68 Å². The van der Waals surface area contributed by atoms with Gasteiger partial charge >= 0.3 is 5.63 Å². The van der Waals surface area contributed by atoms with Gasteiger partial charge in [-0.15, -0.1) is 0 Å². The molecule has 2 aliphatic rings. The Morgan fingerprint density at radius 1 is 1.11 bits per heavy atom. The number of hydrogen-bond acceptors (Lipinski definition) is 7. The van der Waals surface area contributed by atoms with Crippen LogP contribution >= 0.6 is 0 Å². The Bertz CT molecular complexity index is 1480. The molecule has 5 rings (SSSR count). The van der Waals surface area contributed by atoms with E-state index in [9.17, 15) is 18.3 Å². The molecule has 1 aromatic carbocycles. The molecule has 8 heteroatoms. The summed E-state index contributed by atoms with van der Waals surface area (Å²) in [6, 6.07) is 11.9. The zero-order valence-electron chi connectivity index (χ0n) is 19.9. The number of nitriles is 1. The predicted octanol–water partition coefficient (Wildman–Crippen LogP) is 4.79. The molecule has 7 nitrogen and oxygen atoms in total. The van der Waals surface area contributed by atoms with E-state index in [0.717, 1.165) is 49.7 Å². The third-order valence-electron chi connectivity index (χ3n) is 7.15. The molecule has 0 amide bonds. The standard InChI is InChI=1S/C28H28N2O5S/c29-15-19-10-13-24(30-16-19)36(33,34)17-18-6-5-7-21(14-18)25(20-11-12-20)26-27(31)22-8-3-1-2-4-9-23(22)35-28(26)32/h5-7,10,13-14,16,20,25,31H,1-4,8-9,11-12,17H2. The summed E-state index contributed by atoms with van der Waals surface area (Å²) in [6.45, 7) is 0. The van der Waals surface area contributed by atoms with Crippen molar-refractivity contribution in [3.05, 3.63) is 86.6 Å². The maximum Gasteiger partial charge on any atom is 0.343 e. The van der Waals surface area contributed by atoms with E-state index in [0.29, 0.717) is 35.3 Å². The normalized spacial score (nSPS) is 16.9. The van der Waals surface area contributed by atoms with E-state index in [2.05, 4.69) is 4.98 Å². The summed E-state index contributed by atoms with van der Waals surface area (Å²) in [5, 5.41) is 20.1. The summed E-state index contributed by atoms with van der Waals surface area (Å²) in [5.41, 5.74) is 2.21. The highest BCUT2D eigenvalue weighted by Crippen LogP contribution is 2.48. The second kappa shape index (κ2) is 9.90. The number of pyridine rings is 1. The molecule has 0 bridgehead atoms. The SMILES string of the molecule is N#Cc1ccc(S(=O)(=O)Cc2cccc(C(c3c(O)c4c(oc3=O)CCCCCC4)C3CC3)c2)nc1. The molecule has 3 aromatic rings. The van der Waals surface area contributed by atoms with Crippen LogP contribution in [0.4, 0.5) is 0 Å². The molecular formula is C28H28N2O5S. The number of hydrogen-bond donors (Lipinski definition) is 1. The Balaban J connectivity index is 1.50. The number of benzene rings is 1. The van der Waals surface area contributed by atoms with E-state index in [1.54, 1.807) is 18.2 Å². The topological polar surface area (TPSA) is 121 Å². The third kappa shape index (κ3) is 4.93. The molecule has 1 saturated carbocycles. The van der Waals surface area contributed by atoms with Crippen molar-refractivity contribution in [2.24, 2.45) is 5.92 Å². The van der Waals surface area contributed by atoms with E-state index < -0.39 is 15.5 Å². The molecule has 2 aromatic heterocycles.